The monoisotopic (exact) mass is 528 g/mol. The van der Waals surface area contributed by atoms with Crippen molar-refractivity contribution in [2.75, 3.05) is 47.2 Å². The van der Waals surface area contributed by atoms with E-state index in [4.69, 9.17) is 14.7 Å². The molecule has 4 rings (SSSR count). The molecule has 3 amide bonds. The Balaban J connectivity index is 1.44. The van der Waals surface area contributed by atoms with Crippen LogP contribution < -0.4 is 20.9 Å². The summed E-state index contributed by atoms with van der Waals surface area (Å²) in [7, 11) is 0. The van der Waals surface area contributed by atoms with Crippen molar-refractivity contribution in [3.05, 3.63) is 59.8 Å². The van der Waals surface area contributed by atoms with Gasteiger partial charge in [-0.2, -0.15) is 13.2 Å². The SMILES string of the molecule is CCc1nc(-c2ccc(NC(=O)Nc3cccc(NC(=O)C(F)(F)F)c3)cc2)nc(N2CCOCC2)c1C. The summed E-state index contributed by atoms with van der Waals surface area (Å²) in [5.41, 5.74) is 3.39. The van der Waals surface area contributed by atoms with Crippen LogP contribution in [0.4, 0.5) is 40.8 Å². The van der Waals surface area contributed by atoms with Crippen molar-refractivity contribution in [2.24, 2.45) is 0 Å². The molecular weight excluding hydrogens is 501 g/mol. The Hall–Kier alpha value is -4.19. The smallest absolute Gasteiger partial charge is 0.378 e. The third-order valence-corrected chi connectivity index (χ3v) is 5.90. The molecule has 12 heteroatoms. The number of nitrogens with zero attached hydrogens (tertiary/aromatic N) is 3. The number of urea groups is 1. The minimum Gasteiger partial charge on any atom is -0.378 e. The normalized spacial score (nSPS) is 13.7. The molecule has 1 aliphatic heterocycles. The minimum atomic E-state index is -5.02. The molecule has 9 nitrogen and oxygen atoms in total. The Bertz CT molecular complexity index is 1310. The number of hydrogen-bond acceptors (Lipinski definition) is 6. The van der Waals surface area contributed by atoms with Gasteiger partial charge in [-0.3, -0.25) is 4.79 Å². The van der Waals surface area contributed by atoms with E-state index in [1.54, 1.807) is 29.6 Å². The van der Waals surface area contributed by atoms with Gasteiger partial charge >= 0.3 is 18.1 Å². The number of alkyl halides is 3. The number of amides is 3. The zero-order valence-corrected chi connectivity index (χ0v) is 20.9. The minimum absolute atomic E-state index is 0.101. The second-order valence-electron chi connectivity index (χ2n) is 8.58. The van der Waals surface area contributed by atoms with E-state index in [0.29, 0.717) is 24.7 Å². The summed E-state index contributed by atoms with van der Waals surface area (Å²) >= 11 is 0. The maximum Gasteiger partial charge on any atom is 0.471 e. The molecule has 0 atom stereocenters. The van der Waals surface area contributed by atoms with Crippen LogP contribution in [0, 0.1) is 6.92 Å². The zero-order valence-electron chi connectivity index (χ0n) is 20.9. The lowest BCUT2D eigenvalue weighted by Crippen LogP contribution is -2.37. The van der Waals surface area contributed by atoms with Crippen LogP contribution in [0.2, 0.25) is 0 Å². The topological polar surface area (TPSA) is 108 Å². The number of hydrogen-bond donors (Lipinski definition) is 3. The van der Waals surface area contributed by atoms with Gasteiger partial charge in [0.05, 0.1) is 13.2 Å². The predicted octanol–water partition coefficient (Wildman–Crippen LogP) is 5.00. The molecule has 3 aromatic rings. The first-order chi connectivity index (χ1) is 18.1. The fraction of sp³-hybridized carbons (Fsp3) is 0.308. The second kappa shape index (κ2) is 11.5. The fourth-order valence-electron chi connectivity index (χ4n) is 3.98. The van der Waals surface area contributed by atoms with E-state index in [2.05, 4.69) is 15.5 Å². The maximum absolute atomic E-state index is 12.5. The van der Waals surface area contributed by atoms with Crippen LogP contribution >= 0.6 is 0 Å². The van der Waals surface area contributed by atoms with Gasteiger partial charge in [-0.05, 0) is 55.8 Å². The van der Waals surface area contributed by atoms with Crippen molar-refractivity contribution >= 4 is 34.8 Å². The number of ether oxygens (including phenoxy) is 1. The van der Waals surface area contributed by atoms with Crippen LogP contribution in [0.3, 0.4) is 0 Å². The number of halogens is 3. The van der Waals surface area contributed by atoms with Crippen molar-refractivity contribution in [3.63, 3.8) is 0 Å². The molecule has 1 fully saturated rings. The molecule has 0 saturated carbocycles. The molecule has 0 spiro atoms. The molecule has 200 valence electrons. The van der Waals surface area contributed by atoms with Crippen LogP contribution in [0.15, 0.2) is 48.5 Å². The van der Waals surface area contributed by atoms with Gasteiger partial charge in [0.25, 0.3) is 0 Å². The van der Waals surface area contributed by atoms with E-state index in [9.17, 15) is 22.8 Å². The second-order valence-corrected chi connectivity index (χ2v) is 8.58. The number of morpholine rings is 1. The van der Waals surface area contributed by atoms with Crippen molar-refractivity contribution in [1.29, 1.82) is 0 Å². The number of carbonyl (C=O) groups excluding carboxylic acids is 2. The maximum atomic E-state index is 12.5. The van der Waals surface area contributed by atoms with Gasteiger partial charge in [0, 0.05) is 47.0 Å². The number of rotatable bonds is 6. The van der Waals surface area contributed by atoms with Gasteiger partial charge < -0.3 is 25.6 Å². The standard InChI is InChI=1S/C26H27F3N6O3/c1-3-21-16(2)23(35-11-13-38-14-12-35)34-22(33-21)17-7-9-18(10-8-17)31-25(37)32-20-6-4-5-19(15-20)30-24(36)26(27,28)29/h4-10,15H,3,11-14H2,1-2H3,(H,30,36)(H2,31,32,37). The summed E-state index contributed by atoms with van der Waals surface area (Å²) < 4.78 is 42.9. The van der Waals surface area contributed by atoms with E-state index in [0.717, 1.165) is 42.1 Å². The van der Waals surface area contributed by atoms with Gasteiger partial charge in [-0.1, -0.05) is 13.0 Å². The lowest BCUT2D eigenvalue weighted by molar-refractivity contribution is -0.167. The summed E-state index contributed by atoms with van der Waals surface area (Å²) in [6.45, 7) is 6.89. The fourth-order valence-corrected chi connectivity index (χ4v) is 3.98. The molecule has 0 unspecified atom stereocenters. The lowest BCUT2D eigenvalue weighted by Gasteiger charge is -2.29. The van der Waals surface area contributed by atoms with Crippen molar-refractivity contribution in [1.82, 2.24) is 9.97 Å². The van der Waals surface area contributed by atoms with E-state index in [-0.39, 0.29) is 11.4 Å². The summed E-state index contributed by atoms with van der Waals surface area (Å²) in [6.07, 6.45) is -4.25. The summed E-state index contributed by atoms with van der Waals surface area (Å²) in [6, 6.07) is 11.8. The first-order valence-corrected chi connectivity index (χ1v) is 12.0. The largest absolute Gasteiger partial charge is 0.471 e. The zero-order chi connectivity index (χ0) is 27.3. The van der Waals surface area contributed by atoms with Gasteiger partial charge in [0.15, 0.2) is 5.82 Å². The Morgan fingerprint density at radius 3 is 2.21 bits per heavy atom. The molecule has 1 saturated heterocycles. The molecule has 0 aliphatic carbocycles. The van der Waals surface area contributed by atoms with Crippen LogP contribution in [-0.2, 0) is 16.0 Å². The Labute approximate surface area is 217 Å². The molecule has 2 aromatic carbocycles. The van der Waals surface area contributed by atoms with Crippen molar-refractivity contribution in [2.45, 2.75) is 26.4 Å². The molecule has 1 aliphatic rings. The Morgan fingerprint density at radius 1 is 0.947 bits per heavy atom. The number of nitrogens with one attached hydrogen (secondary N) is 3. The average Bonchev–Trinajstić information content (AvgIpc) is 2.89. The number of aryl methyl sites for hydroxylation is 1. The first-order valence-electron chi connectivity index (χ1n) is 12.0. The molecular formula is C26H27F3N6O3. The highest BCUT2D eigenvalue weighted by molar-refractivity contribution is 6.01. The predicted molar refractivity (Wildman–Crippen MR) is 138 cm³/mol. The van der Waals surface area contributed by atoms with Gasteiger partial charge in [0.2, 0.25) is 0 Å². The van der Waals surface area contributed by atoms with Gasteiger partial charge in [-0.15, -0.1) is 0 Å². The Morgan fingerprint density at radius 2 is 1.58 bits per heavy atom. The third-order valence-electron chi connectivity index (χ3n) is 5.90. The van der Waals surface area contributed by atoms with Crippen LogP contribution in [0.1, 0.15) is 18.2 Å². The number of anilines is 4. The Kier molecular flexibility index (Phi) is 8.10. The van der Waals surface area contributed by atoms with E-state index < -0.39 is 18.1 Å². The molecule has 0 bridgehead atoms. The van der Waals surface area contributed by atoms with Gasteiger partial charge in [0.1, 0.15) is 5.82 Å². The molecule has 0 radical (unpaired) electrons. The van der Waals surface area contributed by atoms with E-state index >= 15 is 0 Å². The van der Waals surface area contributed by atoms with Crippen LogP contribution in [0.5, 0.6) is 0 Å². The van der Waals surface area contributed by atoms with E-state index in [1.165, 1.54) is 24.3 Å². The van der Waals surface area contributed by atoms with Crippen molar-refractivity contribution < 1.29 is 27.5 Å². The van der Waals surface area contributed by atoms with Crippen LogP contribution in [-0.4, -0.2) is 54.4 Å². The quantitative estimate of drug-likeness (QED) is 0.416. The van der Waals surface area contributed by atoms with Crippen molar-refractivity contribution in [3.8, 4) is 11.4 Å². The highest BCUT2D eigenvalue weighted by atomic mass is 19.4. The first kappa shape index (κ1) is 26.9. The molecule has 1 aromatic heterocycles. The number of benzene rings is 2. The average molecular weight is 529 g/mol. The molecule has 3 N–H and O–H groups in total. The highest BCUT2D eigenvalue weighted by Gasteiger charge is 2.38. The summed E-state index contributed by atoms with van der Waals surface area (Å²) in [5.74, 6) is -0.618. The summed E-state index contributed by atoms with van der Waals surface area (Å²) in [4.78, 5) is 35.3. The lowest BCUT2D eigenvalue weighted by atomic mass is 10.1. The van der Waals surface area contributed by atoms with Crippen LogP contribution in [0.25, 0.3) is 11.4 Å². The highest BCUT2D eigenvalue weighted by Crippen LogP contribution is 2.27. The molecule has 2 heterocycles. The van der Waals surface area contributed by atoms with Gasteiger partial charge in [-0.25, -0.2) is 14.8 Å². The van der Waals surface area contributed by atoms with E-state index in [1.807, 2.05) is 13.8 Å². The third kappa shape index (κ3) is 6.57. The summed E-state index contributed by atoms with van der Waals surface area (Å²) in [5, 5.41) is 6.95. The number of carbonyl (C=O) groups is 2. The molecule has 38 heavy (non-hydrogen) atoms. The number of aromatic nitrogens is 2.